The van der Waals surface area contributed by atoms with Gasteiger partial charge in [0.15, 0.2) is 0 Å². The number of nitrogens with one attached hydrogen (secondary N) is 1. The summed E-state index contributed by atoms with van der Waals surface area (Å²) in [7, 11) is 0. The number of hydrogen-bond acceptors (Lipinski definition) is 2. The van der Waals surface area contributed by atoms with E-state index in [1.54, 1.807) is 25.1 Å². The topological polar surface area (TPSA) is 38.3 Å². The molecule has 0 aromatic heterocycles. The van der Waals surface area contributed by atoms with E-state index in [-0.39, 0.29) is 11.7 Å². The van der Waals surface area contributed by atoms with Crippen molar-refractivity contribution in [2.24, 2.45) is 0 Å². The van der Waals surface area contributed by atoms with Gasteiger partial charge in [0, 0.05) is 11.8 Å². The van der Waals surface area contributed by atoms with E-state index in [4.69, 9.17) is 4.74 Å². The molecule has 0 bridgehead atoms. The molecule has 0 saturated heterocycles. The zero-order valence-electron chi connectivity index (χ0n) is 12.9. The van der Waals surface area contributed by atoms with Crippen LogP contribution in [-0.4, -0.2) is 12.5 Å². The summed E-state index contributed by atoms with van der Waals surface area (Å²) < 4.78 is 18.4. The molecular weight excluding hydrogens is 293 g/mol. The summed E-state index contributed by atoms with van der Waals surface area (Å²) in [5.74, 6) is 0.148. The predicted molar refractivity (Wildman–Crippen MR) is 90.9 cm³/mol. The highest BCUT2D eigenvalue weighted by molar-refractivity contribution is 6.02. The molecule has 0 saturated carbocycles. The number of hydrogen-bond donors (Lipinski definition) is 1. The van der Waals surface area contributed by atoms with Crippen molar-refractivity contribution in [3.63, 3.8) is 0 Å². The largest absolute Gasteiger partial charge is 0.490 e. The van der Waals surface area contributed by atoms with Gasteiger partial charge in [0.2, 0.25) is 5.91 Å². The van der Waals surface area contributed by atoms with Gasteiger partial charge in [-0.15, -0.1) is 0 Å². The summed E-state index contributed by atoms with van der Waals surface area (Å²) in [5.41, 5.74) is 2.15. The van der Waals surface area contributed by atoms with E-state index in [1.165, 1.54) is 18.2 Å². The Morgan fingerprint density at radius 3 is 2.65 bits per heavy atom. The van der Waals surface area contributed by atoms with Crippen LogP contribution in [0.2, 0.25) is 0 Å². The smallest absolute Gasteiger partial charge is 0.248 e. The van der Waals surface area contributed by atoms with E-state index >= 15 is 0 Å². The Morgan fingerprint density at radius 1 is 1.26 bits per heavy atom. The molecule has 23 heavy (non-hydrogen) atoms. The molecule has 0 atom stereocenters. The summed E-state index contributed by atoms with van der Waals surface area (Å²) in [4.78, 5) is 11.9. The van der Waals surface area contributed by atoms with Gasteiger partial charge >= 0.3 is 0 Å². The minimum atomic E-state index is -0.324. The van der Waals surface area contributed by atoms with E-state index in [0.717, 1.165) is 11.3 Å². The monoisotopic (exact) mass is 311 g/mol. The minimum absolute atomic E-state index is 0.272. The molecule has 2 aromatic rings. The second-order valence-electron chi connectivity index (χ2n) is 4.95. The lowest BCUT2D eigenvalue weighted by molar-refractivity contribution is -0.111. The molecule has 1 N–H and O–H groups in total. The third-order valence-corrected chi connectivity index (χ3v) is 3.12. The number of halogens is 1. The lowest BCUT2D eigenvalue weighted by Crippen LogP contribution is -2.09. The van der Waals surface area contributed by atoms with Gasteiger partial charge in [0.05, 0.1) is 0 Å². The third kappa shape index (κ3) is 5.11. The van der Waals surface area contributed by atoms with Crippen molar-refractivity contribution in [3.8, 4) is 5.75 Å². The number of carbonyl (C=O) groups excluding carboxylic acids is 1. The highest BCUT2D eigenvalue weighted by Gasteiger charge is 2.02. The van der Waals surface area contributed by atoms with Gasteiger partial charge in [0.25, 0.3) is 0 Å². The zero-order chi connectivity index (χ0) is 16.7. The van der Waals surface area contributed by atoms with E-state index in [2.05, 4.69) is 11.9 Å². The summed E-state index contributed by atoms with van der Waals surface area (Å²) in [6.07, 6.45) is 4.81. The van der Waals surface area contributed by atoms with Gasteiger partial charge in [-0.3, -0.25) is 4.79 Å². The van der Waals surface area contributed by atoms with E-state index in [9.17, 15) is 9.18 Å². The lowest BCUT2D eigenvalue weighted by Gasteiger charge is -2.06. The number of ether oxygens (including phenoxy) is 1. The number of rotatable bonds is 6. The van der Waals surface area contributed by atoms with Gasteiger partial charge in [-0.25, -0.2) is 4.39 Å². The first kappa shape index (κ1) is 16.5. The van der Waals surface area contributed by atoms with Gasteiger partial charge in [-0.05, 0) is 54.5 Å². The van der Waals surface area contributed by atoms with Crippen LogP contribution in [0.1, 0.15) is 11.1 Å². The van der Waals surface area contributed by atoms with E-state index in [1.807, 2.05) is 24.3 Å². The van der Waals surface area contributed by atoms with Gasteiger partial charge in [-0.2, -0.15) is 0 Å². The maximum atomic E-state index is 13.0. The number of amides is 1. The predicted octanol–water partition coefficient (Wildman–Crippen LogP) is 4.35. The second kappa shape index (κ2) is 7.94. The Labute approximate surface area is 135 Å². The normalized spacial score (nSPS) is 10.5. The SMILES string of the molecule is C=CCOc1ccc(/C=C/C(=O)Nc2ccc(F)cc2C)cc1. The lowest BCUT2D eigenvalue weighted by atomic mass is 10.2. The van der Waals surface area contributed by atoms with Gasteiger partial charge in [-0.1, -0.05) is 24.8 Å². The van der Waals surface area contributed by atoms with Crippen molar-refractivity contribution < 1.29 is 13.9 Å². The Kier molecular flexibility index (Phi) is 5.69. The maximum absolute atomic E-state index is 13.0. The van der Waals surface area contributed by atoms with Crippen molar-refractivity contribution in [1.82, 2.24) is 0 Å². The zero-order valence-corrected chi connectivity index (χ0v) is 12.9. The Hall–Kier alpha value is -2.88. The van der Waals surface area contributed by atoms with Crippen LogP contribution in [0.25, 0.3) is 6.08 Å². The third-order valence-electron chi connectivity index (χ3n) is 3.12. The van der Waals surface area contributed by atoms with Crippen molar-refractivity contribution >= 4 is 17.7 Å². The van der Waals surface area contributed by atoms with E-state index in [0.29, 0.717) is 17.9 Å². The van der Waals surface area contributed by atoms with Crippen molar-refractivity contribution in [3.05, 3.63) is 78.1 Å². The highest BCUT2D eigenvalue weighted by atomic mass is 19.1. The minimum Gasteiger partial charge on any atom is -0.490 e. The molecular formula is C19H18FNO2. The molecule has 0 aliphatic rings. The fourth-order valence-electron chi connectivity index (χ4n) is 1.94. The number of benzene rings is 2. The van der Waals surface area contributed by atoms with Crippen LogP contribution >= 0.6 is 0 Å². The molecule has 2 rings (SSSR count). The molecule has 3 nitrogen and oxygen atoms in total. The van der Waals surface area contributed by atoms with Crippen LogP contribution in [0.4, 0.5) is 10.1 Å². The van der Waals surface area contributed by atoms with Crippen molar-refractivity contribution in [2.45, 2.75) is 6.92 Å². The highest BCUT2D eigenvalue weighted by Crippen LogP contribution is 2.16. The molecule has 0 radical (unpaired) electrons. The molecule has 1 amide bonds. The molecule has 4 heteroatoms. The van der Waals surface area contributed by atoms with Crippen LogP contribution in [0.3, 0.4) is 0 Å². The molecule has 0 spiro atoms. The molecule has 0 fully saturated rings. The first-order valence-electron chi connectivity index (χ1n) is 7.17. The Bertz CT molecular complexity index is 721. The summed E-state index contributed by atoms with van der Waals surface area (Å²) in [5, 5.41) is 2.72. The molecule has 0 unspecified atom stereocenters. The van der Waals surface area contributed by atoms with Crippen LogP contribution in [0.15, 0.2) is 61.2 Å². The average molecular weight is 311 g/mol. The maximum Gasteiger partial charge on any atom is 0.248 e. The van der Waals surface area contributed by atoms with Crippen LogP contribution in [0.5, 0.6) is 5.75 Å². The average Bonchev–Trinajstić information content (AvgIpc) is 2.54. The van der Waals surface area contributed by atoms with Crippen LogP contribution in [0, 0.1) is 12.7 Å². The quantitative estimate of drug-likeness (QED) is 0.636. The fourth-order valence-corrected chi connectivity index (χ4v) is 1.94. The number of carbonyl (C=O) groups is 1. The van der Waals surface area contributed by atoms with Gasteiger partial charge < -0.3 is 10.1 Å². The Balaban J connectivity index is 1.96. The van der Waals surface area contributed by atoms with Crippen LogP contribution < -0.4 is 10.1 Å². The number of anilines is 1. The fraction of sp³-hybridized carbons (Fsp3) is 0.105. The van der Waals surface area contributed by atoms with Crippen molar-refractivity contribution in [2.75, 3.05) is 11.9 Å². The van der Waals surface area contributed by atoms with Gasteiger partial charge in [0.1, 0.15) is 18.2 Å². The first-order chi connectivity index (χ1) is 11.1. The summed E-state index contributed by atoms with van der Waals surface area (Å²) in [6.45, 7) is 5.78. The first-order valence-corrected chi connectivity index (χ1v) is 7.17. The summed E-state index contributed by atoms with van der Waals surface area (Å²) in [6, 6.07) is 11.6. The summed E-state index contributed by atoms with van der Waals surface area (Å²) >= 11 is 0. The molecule has 118 valence electrons. The Morgan fingerprint density at radius 2 is 2.00 bits per heavy atom. The number of aryl methyl sites for hydroxylation is 1. The van der Waals surface area contributed by atoms with Crippen molar-refractivity contribution in [1.29, 1.82) is 0 Å². The van der Waals surface area contributed by atoms with Crippen LogP contribution in [-0.2, 0) is 4.79 Å². The van der Waals surface area contributed by atoms with E-state index < -0.39 is 0 Å². The molecule has 2 aromatic carbocycles. The molecule has 0 aliphatic carbocycles. The molecule has 0 heterocycles. The molecule has 0 aliphatic heterocycles. The second-order valence-corrected chi connectivity index (χ2v) is 4.95. The standard InChI is InChI=1S/C19H18FNO2/c1-3-12-23-17-8-4-15(5-9-17)6-11-19(22)21-18-10-7-16(20)13-14(18)2/h3-11,13H,1,12H2,2H3,(H,21,22)/b11-6+.